The topological polar surface area (TPSA) is 52.7 Å². The van der Waals surface area contributed by atoms with E-state index in [2.05, 4.69) is 43.4 Å². The van der Waals surface area contributed by atoms with E-state index in [0.29, 0.717) is 11.8 Å². The molecular formula is C15H22N4O. The first-order valence-electron chi connectivity index (χ1n) is 7.35. The van der Waals surface area contributed by atoms with Crippen molar-refractivity contribution in [3.8, 4) is 0 Å². The number of aryl methyl sites for hydroxylation is 1. The summed E-state index contributed by atoms with van der Waals surface area (Å²) >= 11 is 0. The van der Waals surface area contributed by atoms with Gasteiger partial charge in [-0.25, -0.2) is 4.79 Å². The van der Waals surface area contributed by atoms with Crippen molar-refractivity contribution in [2.45, 2.75) is 40.0 Å². The number of hydrogen-bond acceptors (Lipinski definition) is 3. The standard InChI is InChI=1S/C15H22N4O/c1-10(2)15(3)8-7-12(11-5-6-11)13(9-15)19-14(20)18(4)16-17-19/h7,9-11H,5-6,8H2,1-4H3. The smallest absolute Gasteiger partial charge is 0.244 e. The molecule has 0 spiro atoms. The highest BCUT2D eigenvalue weighted by Gasteiger charge is 2.36. The summed E-state index contributed by atoms with van der Waals surface area (Å²) in [4.78, 5) is 12.2. The molecule has 0 N–H and O–H groups in total. The van der Waals surface area contributed by atoms with Crippen LogP contribution in [0.4, 0.5) is 0 Å². The lowest BCUT2D eigenvalue weighted by Gasteiger charge is -2.34. The lowest BCUT2D eigenvalue weighted by Crippen LogP contribution is -2.29. The number of nitrogens with zero attached hydrogens (tertiary/aromatic N) is 4. The second kappa shape index (κ2) is 4.43. The van der Waals surface area contributed by atoms with Crippen molar-refractivity contribution in [1.82, 2.24) is 19.8 Å². The zero-order valence-corrected chi connectivity index (χ0v) is 12.6. The second-order valence-corrected chi connectivity index (χ2v) is 6.62. The van der Waals surface area contributed by atoms with Gasteiger partial charge in [0.15, 0.2) is 0 Å². The minimum absolute atomic E-state index is 0.0741. The van der Waals surface area contributed by atoms with Crippen LogP contribution < -0.4 is 5.69 Å². The van der Waals surface area contributed by atoms with E-state index in [4.69, 9.17) is 0 Å². The molecule has 1 fully saturated rings. The molecule has 108 valence electrons. The van der Waals surface area contributed by atoms with Crippen LogP contribution in [-0.4, -0.2) is 19.8 Å². The molecular weight excluding hydrogens is 252 g/mol. The second-order valence-electron chi connectivity index (χ2n) is 6.62. The Balaban J connectivity index is 2.10. The van der Waals surface area contributed by atoms with Gasteiger partial charge in [-0.05, 0) is 52.5 Å². The molecule has 1 aromatic rings. The zero-order valence-electron chi connectivity index (χ0n) is 12.6. The predicted molar refractivity (Wildman–Crippen MR) is 77.9 cm³/mol. The summed E-state index contributed by atoms with van der Waals surface area (Å²) in [6, 6.07) is 0. The van der Waals surface area contributed by atoms with Crippen LogP contribution in [0.1, 0.15) is 40.0 Å². The number of aromatic nitrogens is 4. The third-order valence-electron chi connectivity index (χ3n) is 4.81. The average Bonchev–Trinajstić information content (AvgIpc) is 3.18. The maximum absolute atomic E-state index is 12.2. The van der Waals surface area contributed by atoms with Crippen LogP contribution in [0.25, 0.3) is 5.70 Å². The summed E-state index contributed by atoms with van der Waals surface area (Å²) in [6.07, 6.45) is 8.03. The quantitative estimate of drug-likeness (QED) is 0.849. The first-order chi connectivity index (χ1) is 9.42. The minimum Gasteiger partial charge on any atom is -0.244 e. The average molecular weight is 274 g/mol. The molecule has 0 aromatic carbocycles. The first-order valence-corrected chi connectivity index (χ1v) is 7.35. The van der Waals surface area contributed by atoms with E-state index in [9.17, 15) is 4.79 Å². The summed E-state index contributed by atoms with van der Waals surface area (Å²) in [5.74, 6) is 1.12. The number of rotatable bonds is 3. The van der Waals surface area contributed by atoms with E-state index in [1.165, 1.54) is 27.8 Å². The molecule has 0 aliphatic heterocycles. The van der Waals surface area contributed by atoms with E-state index in [1.807, 2.05) is 0 Å². The molecule has 5 heteroatoms. The van der Waals surface area contributed by atoms with E-state index in [-0.39, 0.29) is 11.1 Å². The first kappa shape index (κ1) is 13.3. The van der Waals surface area contributed by atoms with E-state index >= 15 is 0 Å². The lowest BCUT2D eigenvalue weighted by molar-refractivity contribution is 0.297. The third kappa shape index (κ3) is 2.05. The number of tetrazole rings is 1. The van der Waals surface area contributed by atoms with Crippen molar-refractivity contribution in [3.63, 3.8) is 0 Å². The van der Waals surface area contributed by atoms with Gasteiger partial charge >= 0.3 is 5.69 Å². The molecule has 20 heavy (non-hydrogen) atoms. The molecule has 2 aliphatic rings. The molecule has 1 atom stereocenters. The molecule has 0 amide bonds. The van der Waals surface area contributed by atoms with Gasteiger partial charge in [0.1, 0.15) is 0 Å². The van der Waals surface area contributed by atoms with E-state index in [0.717, 1.165) is 12.1 Å². The highest BCUT2D eigenvalue weighted by Crippen LogP contribution is 2.47. The molecule has 3 rings (SSSR count). The molecule has 1 aromatic heterocycles. The highest BCUT2D eigenvalue weighted by molar-refractivity contribution is 5.67. The van der Waals surface area contributed by atoms with Crippen molar-refractivity contribution in [2.75, 3.05) is 0 Å². The fraction of sp³-hybridized carbons (Fsp3) is 0.667. The van der Waals surface area contributed by atoms with Gasteiger partial charge in [0.25, 0.3) is 0 Å². The Morgan fingerprint density at radius 2 is 2.05 bits per heavy atom. The molecule has 0 saturated heterocycles. The maximum Gasteiger partial charge on any atom is 0.368 e. The monoisotopic (exact) mass is 274 g/mol. The van der Waals surface area contributed by atoms with Crippen molar-refractivity contribution >= 4 is 5.70 Å². The Bertz CT molecular complexity index is 645. The lowest BCUT2D eigenvalue weighted by atomic mass is 9.72. The summed E-state index contributed by atoms with van der Waals surface area (Å²) in [6.45, 7) is 6.70. The maximum atomic E-state index is 12.2. The summed E-state index contributed by atoms with van der Waals surface area (Å²) in [5, 5.41) is 7.88. The number of hydrogen-bond donors (Lipinski definition) is 0. The van der Waals surface area contributed by atoms with E-state index < -0.39 is 0 Å². The van der Waals surface area contributed by atoms with Crippen molar-refractivity contribution in [1.29, 1.82) is 0 Å². The van der Waals surface area contributed by atoms with Crippen LogP contribution in [0.5, 0.6) is 0 Å². The Labute approximate surface area is 119 Å². The van der Waals surface area contributed by atoms with Crippen molar-refractivity contribution in [3.05, 3.63) is 28.2 Å². The summed E-state index contributed by atoms with van der Waals surface area (Å²) < 4.78 is 2.75. The van der Waals surface area contributed by atoms with Crippen LogP contribution in [0, 0.1) is 17.3 Å². The van der Waals surface area contributed by atoms with Crippen LogP contribution in [0.15, 0.2) is 22.5 Å². The minimum atomic E-state index is -0.171. The SMILES string of the molecule is CC(C)C1(C)C=C(n2nnn(C)c2=O)C(C2CC2)=CC1. The van der Waals surface area contributed by atoms with Gasteiger partial charge in [-0.1, -0.05) is 32.9 Å². The van der Waals surface area contributed by atoms with Crippen LogP contribution >= 0.6 is 0 Å². The summed E-state index contributed by atoms with van der Waals surface area (Å²) in [7, 11) is 1.64. The van der Waals surface area contributed by atoms with E-state index in [1.54, 1.807) is 7.05 Å². The van der Waals surface area contributed by atoms with Crippen molar-refractivity contribution in [2.24, 2.45) is 24.3 Å². The van der Waals surface area contributed by atoms with Gasteiger partial charge in [-0.3, -0.25) is 0 Å². The van der Waals surface area contributed by atoms with Gasteiger partial charge in [0.2, 0.25) is 0 Å². The fourth-order valence-electron chi connectivity index (χ4n) is 2.71. The predicted octanol–water partition coefficient (Wildman–Crippen LogP) is 2.22. The van der Waals surface area contributed by atoms with Gasteiger partial charge < -0.3 is 0 Å². The van der Waals surface area contributed by atoms with Crippen molar-refractivity contribution < 1.29 is 0 Å². The molecule has 1 saturated carbocycles. The van der Waals surface area contributed by atoms with Crippen LogP contribution in [0.2, 0.25) is 0 Å². The summed E-state index contributed by atoms with van der Waals surface area (Å²) in [5.41, 5.74) is 2.14. The molecule has 5 nitrogen and oxygen atoms in total. The Hall–Kier alpha value is -1.65. The van der Waals surface area contributed by atoms with Gasteiger partial charge in [-0.2, -0.15) is 9.36 Å². The number of allylic oxidation sites excluding steroid dienone is 4. The normalized spacial score (nSPS) is 26.6. The Morgan fingerprint density at radius 1 is 1.35 bits per heavy atom. The van der Waals surface area contributed by atoms with Gasteiger partial charge in [0.05, 0.1) is 5.70 Å². The van der Waals surface area contributed by atoms with Crippen LogP contribution in [0.3, 0.4) is 0 Å². The van der Waals surface area contributed by atoms with Gasteiger partial charge in [-0.15, -0.1) is 0 Å². The molecule has 2 aliphatic carbocycles. The largest absolute Gasteiger partial charge is 0.368 e. The highest BCUT2D eigenvalue weighted by atomic mass is 16.2. The Kier molecular flexibility index (Phi) is 2.96. The third-order valence-corrected chi connectivity index (χ3v) is 4.81. The molecule has 0 radical (unpaired) electrons. The van der Waals surface area contributed by atoms with Crippen LogP contribution in [-0.2, 0) is 7.05 Å². The molecule has 1 unspecified atom stereocenters. The molecule has 0 bridgehead atoms. The van der Waals surface area contributed by atoms with Gasteiger partial charge in [0, 0.05) is 7.05 Å². The Morgan fingerprint density at radius 3 is 2.55 bits per heavy atom. The molecule has 1 heterocycles. The zero-order chi connectivity index (χ0) is 14.5. The fourth-order valence-corrected chi connectivity index (χ4v) is 2.71.